The van der Waals surface area contributed by atoms with E-state index in [1.54, 1.807) is 18.7 Å². The third kappa shape index (κ3) is 5.64. The molecule has 1 amide bonds. The van der Waals surface area contributed by atoms with Crippen LogP contribution >= 0.6 is 0 Å². The predicted octanol–water partition coefficient (Wildman–Crippen LogP) is 2.77. The Morgan fingerprint density at radius 1 is 1.19 bits per heavy atom. The molecule has 170 valence electrons. The number of benzene rings is 1. The van der Waals surface area contributed by atoms with Gasteiger partial charge in [-0.3, -0.25) is 14.9 Å². The van der Waals surface area contributed by atoms with Crippen LogP contribution in [0.5, 0.6) is 0 Å². The Morgan fingerprint density at radius 2 is 1.90 bits per heavy atom. The molecule has 5 atom stereocenters. The van der Waals surface area contributed by atoms with Gasteiger partial charge in [0, 0.05) is 6.04 Å². The van der Waals surface area contributed by atoms with Crippen LogP contribution in [-0.4, -0.2) is 58.6 Å². The topological polar surface area (TPSA) is 95.9 Å². The van der Waals surface area contributed by atoms with E-state index in [0.29, 0.717) is 19.3 Å². The van der Waals surface area contributed by atoms with Gasteiger partial charge in [0.15, 0.2) is 0 Å². The monoisotopic (exact) mass is 430 g/mol. The molecule has 3 unspecified atom stereocenters. The second kappa shape index (κ2) is 10.8. The van der Waals surface area contributed by atoms with Crippen LogP contribution < -0.4 is 5.32 Å². The highest BCUT2D eigenvalue weighted by atomic mass is 16.5. The lowest BCUT2D eigenvalue weighted by Gasteiger charge is -2.35. The van der Waals surface area contributed by atoms with Gasteiger partial charge in [0.25, 0.3) is 0 Å². The Balaban J connectivity index is 1.70. The Labute approximate surface area is 184 Å². The van der Waals surface area contributed by atoms with Gasteiger partial charge < -0.3 is 14.7 Å². The second-order valence-corrected chi connectivity index (χ2v) is 8.66. The zero-order valence-corrected chi connectivity index (χ0v) is 18.5. The van der Waals surface area contributed by atoms with Crippen molar-refractivity contribution >= 4 is 17.8 Å². The SMILES string of the molecule is CCOC(=O)[C@H](CCc1ccccc1)N[C@@H](C)C(=O)N1C(C(=O)O)CC2CCCCC21. The molecule has 0 aromatic heterocycles. The zero-order valence-electron chi connectivity index (χ0n) is 18.5. The quantitative estimate of drug-likeness (QED) is 0.585. The molecule has 0 spiro atoms. The molecule has 1 saturated heterocycles. The van der Waals surface area contributed by atoms with Gasteiger partial charge in [0.1, 0.15) is 12.1 Å². The summed E-state index contributed by atoms with van der Waals surface area (Å²) in [5.74, 6) is -1.31. The fourth-order valence-corrected chi connectivity index (χ4v) is 5.06. The molecule has 1 saturated carbocycles. The van der Waals surface area contributed by atoms with Gasteiger partial charge in [-0.1, -0.05) is 43.2 Å². The largest absolute Gasteiger partial charge is 0.480 e. The highest BCUT2D eigenvalue weighted by Gasteiger charge is 2.48. The van der Waals surface area contributed by atoms with E-state index in [0.717, 1.165) is 31.2 Å². The minimum Gasteiger partial charge on any atom is -0.480 e. The van der Waals surface area contributed by atoms with E-state index in [9.17, 15) is 19.5 Å². The average Bonchev–Trinajstić information content (AvgIpc) is 3.16. The van der Waals surface area contributed by atoms with Crippen molar-refractivity contribution in [1.29, 1.82) is 0 Å². The first kappa shape index (κ1) is 23.3. The van der Waals surface area contributed by atoms with E-state index in [-0.39, 0.29) is 30.4 Å². The van der Waals surface area contributed by atoms with Crippen LogP contribution in [0.15, 0.2) is 30.3 Å². The molecule has 1 aromatic carbocycles. The van der Waals surface area contributed by atoms with Crippen LogP contribution in [-0.2, 0) is 25.5 Å². The number of carboxylic acids is 1. The molecule has 31 heavy (non-hydrogen) atoms. The van der Waals surface area contributed by atoms with Crippen LogP contribution in [0.2, 0.25) is 0 Å². The maximum absolute atomic E-state index is 13.4. The molecule has 2 N–H and O–H groups in total. The number of nitrogens with one attached hydrogen (secondary N) is 1. The van der Waals surface area contributed by atoms with Crippen LogP contribution in [0.3, 0.4) is 0 Å². The van der Waals surface area contributed by atoms with Gasteiger partial charge in [-0.2, -0.15) is 0 Å². The standard InChI is InChI=1S/C24H34N2O5/c1-3-31-24(30)19(14-13-17-9-5-4-6-10-17)25-16(2)22(27)26-20-12-8-7-11-18(20)15-21(26)23(28)29/h4-6,9-10,16,18-21,25H,3,7-8,11-15H2,1-2H3,(H,28,29)/t16-,18?,19-,20?,21?/m0/s1. The lowest BCUT2D eigenvalue weighted by Crippen LogP contribution is -2.55. The first-order valence-corrected chi connectivity index (χ1v) is 11.4. The van der Waals surface area contributed by atoms with Crippen LogP contribution in [0.1, 0.15) is 57.9 Å². The Hall–Kier alpha value is -2.41. The number of aryl methyl sites for hydroxylation is 1. The van der Waals surface area contributed by atoms with Crippen molar-refractivity contribution in [3.63, 3.8) is 0 Å². The summed E-state index contributed by atoms with van der Waals surface area (Å²) < 4.78 is 5.22. The summed E-state index contributed by atoms with van der Waals surface area (Å²) in [5.41, 5.74) is 1.10. The summed E-state index contributed by atoms with van der Waals surface area (Å²) in [6.07, 6.45) is 5.62. The van der Waals surface area contributed by atoms with Gasteiger partial charge >= 0.3 is 11.9 Å². The predicted molar refractivity (Wildman–Crippen MR) is 116 cm³/mol. The Morgan fingerprint density at radius 3 is 2.58 bits per heavy atom. The molecular weight excluding hydrogens is 396 g/mol. The van der Waals surface area contributed by atoms with E-state index < -0.39 is 24.1 Å². The Bertz CT molecular complexity index is 768. The van der Waals surface area contributed by atoms with Crippen molar-refractivity contribution < 1.29 is 24.2 Å². The molecule has 2 aliphatic rings. The van der Waals surface area contributed by atoms with Crippen molar-refractivity contribution in [2.75, 3.05) is 6.61 Å². The number of ether oxygens (including phenoxy) is 1. The van der Waals surface area contributed by atoms with Crippen molar-refractivity contribution in [2.24, 2.45) is 5.92 Å². The molecule has 0 bridgehead atoms. The fourth-order valence-electron chi connectivity index (χ4n) is 5.06. The summed E-state index contributed by atoms with van der Waals surface area (Å²) in [6, 6.07) is 7.75. The number of esters is 1. The highest BCUT2D eigenvalue weighted by molar-refractivity contribution is 5.88. The number of fused-ring (bicyclic) bond motifs is 1. The van der Waals surface area contributed by atoms with Crippen molar-refractivity contribution in [3.8, 4) is 0 Å². The number of nitrogens with zero attached hydrogens (tertiary/aromatic N) is 1. The minimum atomic E-state index is -0.944. The number of carbonyl (C=O) groups excluding carboxylic acids is 2. The lowest BCUT2D eigenvalue weighted by atomic mass is 9.84. The number of hydrogen-bond donors (Lipinski definition) is 2. The normalized spacial score (nSPS) is 24.8. The van der Waals surface area contributed by atoms with Crippen LogP contribution in [0.4, 0.5) is 0 Å². The third-order valence-corrected chi connectivity index (χ3v) is 6.58. The maximum Gasteiger partial charge on any atom is 0.326 e. The number of hydrogen-bond acceptors (Lipinski definition) is 5. The number of carbonyl (C=O) groups is 3. The summed E-state index contributed by atoms with van der Waals surface area (Å²) in [4.78, 5) is 39.3. The number of rotatable bonds is 9. The van der Waals surface area contributed by atoms with Gasteiger partial charge in [-0.05, 0) is 57.4 Å². The van der Waals surface area contributed by atoms with Gasteiger partial charge in [-0.25, -0.2) is 4.79 Å². The van der Waals surface area contributed by atoms with E-state index in [1.807, 2.05) is 30.3 Å². The highest BCUT2D eigenvalue weighted by Crippen LogP contribution is 2.40. The fraction of sp³-hybridized carbons (Fsp3) is 0.625. The third-order valence-electron chi connectivity index (χ3n) is 6.58. The zero-order chi connectivity index (χ0) is 22.4. The van der Waals surface area contributed by atoms with Crippen molar-refractivity contribution in [1.82, 2.24) is 10.2 Å². The molecular formula is C24H34N2O5. The number of aliphatic carboxylic acids is 1. The smallest absolute Gasteiger partial charge is 0.326 e. The molecule has 7 nitrogen and oxygen atoms in total. The van der Waals surface area contributed by atoms with Crippen molar-refractivity contribution in [3.05, 3.63) is 35.9 Å². The van der Waals surface area contributed by atoms with Gasteiger partial charge in [0.05, 0.1) is 12.6 Å². The lowest BCUT2D eigenvalue weighted by molar-refractivity contribution is -0.152. The van der Waals surface area contributed by atoms with E-state index >= 15 is 0 Å². The minimum absolute atomic E-state index is 0.0167. The summed E-state index contributed by atoms with van der Waals surface area (Å²) >= 11 is 0. The van der Waals surface area contributed by atoms with E-state index in [4.69, 9.17) is 4.74 Å². The van der Waals surface area contributed by atoms with Crippen molar-refractivity contribution in [2.45, 2.75) is 83.0 Å². The van der Waals surface area contributed by atoms with Crippen LogP contribution in [0, 0.1) is 5.92 Å². The second-order valence-electron chi connectivity index (χ2n) is 8.66. The first-order valence-electron chi connectivity index (χ1n) is 11.4. The first-order chi connectivity index (χ1) is 14.9. The van der Waals surface area contributed by atoms with Gasteiger partial charge in [-0.15, -0.1) is 0 Å². The number of carboxylic acid groups (broad SMARTS) is 1. The summed E-state index contributed by atoms with van der Waals surface area (Å²) in [5, 5.41) is 12.9. The molecule has 3 rings (SSSR count). The van der Waals surface area contributed by atoms with Gasteiger partial charge in [0.2, 0.25) is 5.91 Å². The number of likely N-dealkylation sites (tertiary alicyclic amines) is 1. The van der Waals surface area contributed by atoms with E-state index in [1.165, 1.54) is 0 Å². The molecule has 2 fully saturated rings. The molecule has 1 aliphatic heterocycles. The average molecular weight is 431 g/mol. The molecule has 0 radical (unpaired) electrons. The molecule has 7 heteroatoms. The van der Waals surface area contributed by atoms with E-state index in [2.05, 4.69) is 5.32 Å². The molecule has 1 aromatic rings. The van der Waals surface area contributed by atoms with Crippen LogP contribution in [0.25, 0.3) is 0 Å². The Kier molecular flexibility index (Phi) is 8.07. The number of amides is 1. The summed E-state index contributed by atoms with van der Waals surface area (Å²) in [7, 11) is 0. The summed E-state index contributed by atoms with van der Waals surface area (Å²) in [6.45, 7) is 3.74. The molecule has 1 aliphatic carbocycles. The maximum atomic E-state index is 13.4. The molecule has 1 heterocycles.